The molecule has 1 N–H and O–H groups in total. The fraction of sp³-hybridized carbons (Fsp3) is 0.294. The summed E-state index contributed by atoms with van der Waals surface area (Å²) in [5.41, 5.74) is 1.10. The molecule has 2 aromatic rings. The molecule has 1 saturated heterocycles. The zero-order valence-electron chi connectivity index (χ0n) is 12.7. The number of carbonyl (C=O) groups excluding carboxylic acids is 2. The topological polar surface area (TPSA) is 58.6 Å². The van der Waals surface area contributed by atoms with Crippen molar-refractivity contribution in [2.24, 2.45) is 0 Å². The van der Waals surface area contributed by atoms with Gasteiger partial charge in [-0.15, -0.1) is 11.3 Å². The van der Waals surface area contributed by atoms with Gasteiger partial charge in [0.05, 0.1) is 17.4 Å². The first-order chi connectivity index (χ1) is 11.1. The number of likely N-dealkylation sites (tertiary alicyclic amines) is 1. The summed E-state index contributed by atoms with van der Waals surface area (Å²) in [5, 5.41) is 4.84. The van der Waals surface area contributed by atoms with Crippen LogP contribution in [0, 0.1) is 0 Å². The highest BCUT2D eigenvalue weighted by Crippen LogP contribution is 2.45. The molecule has 2 amide bonds. The van der Waals surface area contributed by atoms with Gasteiger partial charge in [0.25, 0.3) is 5.91 Å². The number of benzene rings is 1. The normalized spacial score (nSPS) is 22.3. The summed E-state index contributed by atoms with van der Waals surface area (Å²) >= 11 is 1.43. The van der Waals surface area contributed by atoms with Gasteiger partial charge in [-0.1, -0.05) is 6.07 Å². The van der Waals surface area contributed by atoms with Crippen molar-refractivity contribution in [2.75, 3.05) is 25.5 Å². The van der Waals surface area contributed by atoms with E-state index in [0.29, 0.717) is 24.4 Å². The molecule has 1 unspecified atom stereocenters. The minimum Gasteiger partial charge on any atom is -0.497 e. The Bertz CT molecular complexity index is 787. The lowest BCUT2D eigenvalue weighted by atomic mass is 9.81. The van der Waals surface area contributed by atoms with Gasteiger partial charge < -0.3 is 15.0 Å². The Morgan fingerprint density at radius 2 is 2.26 bits per heavy atom. The standard InChI is InChI=1S/C17H16N2O3S/c1-22-11-4-5-13-12(9-11)17(16(21)18-13)6-7-19(10-17)15(20)14-3-2-8-23-14/h2-5,8-9H,6-7,10H2,1H3,(H,18,21). The van der Waals surface area contributed by atoms with E-state index < -0.39 is 5.41 Å². The molecule has 1 spiro atoms. The van der Waals surface area contributed by atoms with Gasteiger partial charge in [0.1, 0.15) is 5.75 Å². The lowest BCUT2D eigenvalue weighted by Gasteiger charge is -2.22. The zero-order chi connectivity index (χ0) is 16.0. The van der Waals surface area contributed by atoms with E-state index in [2.05, 4.69) is 5.32 Å². The first-order valence-corrected chi connectivity index (χ1v) is 8.35. The van der Waals surface area contributed by atoms with E-state index in [0.717, 1.165) is 17.0 Å². The highest BCUT2D eigenvalue weighted by molar-refractivity contribution is 7.12. The maximum absolute atomic E-state index is 12.6. The number of amides is 2. The molecule has 2 aliphatic heterocycles. The summed E-state index contributed by atoms with van der Waals surface area (Å²) in [6.07, 6.45) is 0.635. The molecular formula is C17H16N2O3S. The molecule has 1 aromatic heterocycles. The minimum atomic E-state index is -0.656. The highest BCUT2D eigenvalue weighted by atomic mass is 32.1. The van der Waals surface area contributed by atoms with E-state index in [-0.39, 0.29) is 11.8 Å². The number of ether oxygens (including phenoxy) is 1. The number of hydrogen-bond donors (Lipinski definition) is 1. The van der Waals surface area contributed by atoms with Crippen LogP contribution in [0.25, 0.3) is 0 Å². The van der Waals surface area contributed by atoms with Gasteiger partial charge in [0.2, 0.25) is 5.91 Å². The van der Waals surface area contributed by atoms with Crippen molar-refractivity contribution in [2.45, 2.75) is 11.8 Å². The molecule has 0 aliphatic carbocycles. The number of carbonyl (C=O) groups is 2. The first-order valence-electron chi connectivity index (χ1n) is 7.47. The van der Waals surface area contributed by atoms with Crippen molar-refractivity contribution in [3.8, 4) is 5.75 Å². The van der Waals surface area contributed by atoms with Gasteiger partial charge in [-0.05, 0) is 41.6 Å². The molecule has 1 fully saturated rings. The van der Waals surface area contributed by atoms with Crippen LogP contribution in [-0.2, 0) is 10.2 Å². The molecule has 0 saturated carbocycles. The Labute approximate surface area is 137 Å². The fourth-order valence-corrected chi connectivity index (χ4v) is 4.15. The van der Waals surface area contributed by atoms with Crippen molar-refractivity contribution in [3.63, 3.8) is 0 Å². The summed E-state index contributed by atoms with van der Waals surface area (Å²) in [6.45, 7) is 0.997. The molecule has 118 valence electrons. The molecule has 4 rings (SSSR count). The smallest absolute Gasteiger partial charge is 0.263 e. The Morgan fingerprint density at radius 3 is 3.00 bits per heavy atom. The lowest BCUT2D eigenvalue weighted by molar-refractivity contribution is -0.120. The Balaban J connectivity index is 1.68. The largest absolute Gasteiger partial charge is 0.497 e. The predicted octanol–water partition coefficient (Wildman–Crippen LogP) is 2.49. The maximum atomic E-state index is 12.6. The van der Waals surface area contributed by atoms with Gasteiger partial charge in [-0.3, -0.25) is 9.59 Å². The van der Waals surface area contributed by atoms with Crippen LogP contribution in [0.5, 0.6) is 5.75 Å². The van der Waals surface area contributed by atoms with Crippen molar-refractivity contribution in [1.29, 1.82) is 0 Å². The van der Waals surface area contributed by atoms with Gasteiger partial charge in [0.15, 0.2) is 0 Å². The molecule has 23 heavy (non-hydrogen) atoms. The highest BCUT2D eigenvalue weighted by Gasteiger charge is 2.52. The van der Waals surface area contributed by atoms with Crippen LogP contribution < -0.4 is 10.1 Å². The van der Waals surface area contributed by atoms with Gasteiger partial charge in [-0.25, -0.2) is 0 Å². The van der Waals surface area contributed by atoms with Crippen LogP contribution >= 0.6 is 11.3 Å². The number of methoxy groups -OCH3 is 1. The molecule has 1 aromatic carbocycles. The SMILES string of the molecule is COc1ccc2c(c1)C1(CCN(C(=O)c3cccs3)C1)C(=O)N2. The third-order valence-corrected chi connectivity index (χ3v) is 5.57. The minimum absolute atomic E-state index is 0.000945. The molecule has 5 nitrogen and oxygen atoms in total. The number of anilines is 1. The van der Waals surface area contributed by atoms with E-state index in [9.17, 15) is 9.59 Å². The van der Waals surface area contributed by atoms with E-state index in [1.165, 1.54) is 11.3 Å². The zero-order valence-corrected chi connectivity index (χ0v) is 13.5. The van der Waals surface area contributed by atoms with Gasteiger partial charge in [0, 0.05) is 18.8 Å². The summed E-state index contributed by atoms with van der Waals surface area (Å²) < 4.78 is 5.29. The average molecular weight is 328 g/mol. The van der Waals surface area contributed by atoms with Crippen LogP contribution in [0.2, 0.25) is 0 Å². The van der Waals surface area contributed by atoms with Crippen molar-refractivity contribution < 1.29 is 14.3 Å². The second-order valence-electron chi connectivity index (χ2n) is 5.90. The number of nitrogens with zero attached hydrogens (tertiary/aromatic N) is 1. The number of rotatable bonds is 2. The maximum Gasteiger partial charge on any atom is 0.263 e. The molecule has 1 atom stereocenters. The van der Waals surface area contributed by atoms with Crippen LogP contribution in [0.4, 0.5) is 5.69 Å². The van der Waals surface area contributed by atoms with E-state index >= 15 is 0 Å². The van der Waals surface area contributed by atoms with Crippen LogP contribution in [0.15, 0.2) is 35.7 Å². The van der Waals surface area contributed by atoms with Crippen LogP contribution in [0.3, 0.4) is 0 Å². The molecule has 3 heterocycles. The summed E-state index contributed by atoms with van der Waals surface area (Å²) in [7, 11) is 1.61. The molecule has 0 bridgehead atoms. The summed E-state index contributed by atoms with van der Waals surface area (Å²) in [5.74, 6) is 0.700. The number of hydrogen-bond acceptors (Lipinski definition) is 4. The lowest BCUT2D eigenvalue weighted by Crippen LogP contribution is -2.39. The molecule has 2 aliphatic rings. The first kappa shape index (κ1) is 14.3. The summed E-state index contributed by atoms with van der Waals surface area (Å²) in [4.78, 5) is 27.7. The van der Waals surface area contributed by atoms with Crippen molar-refractivity contribution in [3.05, 3.63) is 46.2 Å². The third kappa shape index (κ3) is 2.05. The second kappa shape index (κ2) is 5.09. The summed E-state index contributed by atoms with van der Waals surface area (Å²) in [6, 6.07) is 9.30. The monoisotopic (exact) mass is 328 g/mol. The molecule has 6 heteroatoms. The fourth-order valence-electron chi connectivity index (χ4n) is 3.46. The van der Waals surface area contributed by atoms with Gasteiger partial charge >= 0.3 is 0 Å². The quantitative estimate of drug-likeness (QED) is 0.921. The van der Waals surface area contributed by atoms with Gasteiger partial charge in [-0.2, -0.15) is 0 Å². The number of fused-ring (bicyclic) bond motifs is 2. The Kier molecular flexibility index (Phi) is 3.16. The number of nitrogens with one attached hydrogen (secondary N) is 1. The Hall–Kier alpha value is -2.34. The van der Waals surface area contributed by atoms with Crippen LogP contribution in [0.1, 0.15) is 21.7 Å². The van der Waals surface area contributed by atoms with Crippen molar-refractivity contribution >= 4 is 28.8 Å². The van der Waals surface area contributed by atoms with E-state index in [1.807, 2.05) is 35.7 Å². The Morgan fingerprint density at radius 1 is 1.39 bits per heavy atom. The third-order valence-electron chi connectivity index (χ3n) is 4.71. The van der Waals surface area contributed by atoms with E-state index in [1.54, 1.807) is 12.0 Å². The van der Waals surface area contributed by atoms with Crippen LogP contribution in [-0.4, -0.2) is 36.9 Å². The van der Waals surface area contributed by atoms with Crippen molar-refractivity contribution in [1.82, 2.24) is 4.90 Å². The number of thiophene rings is 1. The predicted molar refractivity (Wildman–Crippen MR) is 88.1 cm³/mol. The average Bonchev–Trinajstić information content (AvgIpc) is 3.29. The van der Waals surface area contributed by atoms with E-state index in [4.69, 9.17) is 4.74 Å². The molecule has 0 radical (unpaired) electrons. The second-order valence-corrected chi connectivity index (χ2v) is 6.85. The molecular weight excluding hydrogens is 312 g/mol.